The molecule has 5 nitrogen and oxygen atoms in total. The molecule has 2 aromatic rings. The minimum atomic E-state index is -0.308. The van der Waals surface area contributed by atoms with Crippen LogP contribution >= 0.6 is 0 Å². The summed E-state index contributed by atoms with van der Waals surface area (Å²) in [5.74, 6) is 0.591. The molecule has 2 N–H and O–H groups in total. The van der Waals surface area contributed by atoms with Gasteiger partial charge in [0.1, 0.15) is 5.82 Å². The summed E-state index contributed by atoms with van der Waals surface area (Å²) in [6.07, 6.45) is 2.74. The van der Waals surface area contributed by atoms with Crippen molar-refractivity contribution in [1.82, 2.24) is 10.3 Å². The number of oxazole rings is 1. The van der Waals surface area contributed by atoms with E-state index >= 15 is 0 Å². The monoisotopic (exact) mass is 306 g/mol. The van der Waals surface area contributed by atoms with Crippen molar-refractivity contribution in [2.45, 2.75) is 32.2 Å². The second kappa shape index (κ2) is 7.70. The van der Waals surface area contributed by atoms with Crippen molar-refractivity contribution in [3.63, 3.8) is 0 Å². The molecule has 0 saturated carbocycles. The first-order valence-corrected chi connectivity index (χ1v) is 7.19. The molecule has 0 radical (unpaired) electrons. The summed E-state index contributed by atoms with van der Waals surface area (Å²) in [7, 11) is 0. The molecule has 118 valence electrons. The Balaban J connectivity index is 1.87. The van der Waals surface area contributed by atoms with Crippen LogP contribution in [0.15, 0.2) is 34.9 Å². The molecule has 0 spiro atoms. The number of aryl methyl sites for hydroxylation is 1. The normalized spacial score (nSPS) is 12.1. The summed E-state index contributed by atoms with van der Waals surface area (Å²) in [4.78, 5) is 15.8. The molecule has 0 aliphatic rings. The van der Waals surface area contributed by atoms with Gasteiger partial charge in [-0.1, -0.05) is 0 Å². The van der Waals surface area contributed by atoms with Crippen molar-refractivity contribution in [2.75, 3.05) is 6.61 Å². The van der Waals surface area contributed by atoms with Crippen molar-refractivity contribution in [3.8, 4) is 11.3 Å². The molecule has 6 heteroatoms. The SMILES string of the molecule is C[C@H](CCO)NC(=O)CCc1ncc(-c2ccc(F)cc2)o1. The van der Waals surface area contributed by atoms with Gasteiger partial charge in [-0.2, -0.15) is 0 Å². The van der Waals surface area contributed by atoms with Crippen molar-refractivity contribution in [3.05, 3.63) is 42.2 Å². The predicted molar refractivity (Wildman–Crippen MR) is 79.5 cm³/mol. The Morgan fingerprint density at radius 3 is 2.82 bits per heavy atom. The molecule has 0 aliphatic carbocycles. The lowest BCUT2D eigenvalue weighted by Crippen LogP contribution is -2.33. The molecule has 22 heavy (non-hydrogen) atoms. The number of carbonyl (C=O) groups excluding carboxylic acids is 1. The molecule has 1 amide bonds. The Morgan fingerprint density at radius 1 is 1.41 bits per heavy atom. The van der Waals surface area contributed by atoms with Gasteiger partial charge in [-0.25, -0.2) is 9.37 Å². The second-order valence-electron chi connectivity index (χ2n) is 5.11. The minimum absolute atomic E-state index is 0.0439. The average molecular weight is 306 g/mol. The Bertz CT molecular complexity index is 610. The van der Waals surface area contributed by atoms with E-state index in [2.05, 4.69) is 10.3 Å². The van der Waals surface area contributed by atoms with E-state index in [0.29, 0.717) is 24.5 Å². The first kappa shape index (κ1) is 16.2. The lowest BCUT2D eigenvalue weighted by atomic mass is 10.2. The molecule has 0 aliphatic heterocycles. The molecule has 2 rings (SSSR count). The predicted octanol–water partition coefficient (Wildman–Crippen LogP) is 2.30. The minimum Gasteiger partial charge on any atom is -0.441 e. The number of aliphatic hydroxyl groups is 1. The molecule has 1 atom stereocenters. The molecule has 0 bridgehead atoms. The number of nitrogens with one attached hydrogen (secondary N) is 1. The number of benzene rings is 1. The van der Waals surface area contributed by atoms with E-state index in [1.807, 2.05) is 6.92 Å². The summed E-state index contributed by atoms with van der Waals surface area (Å²) >= 11 is 0. The van der Waals surface area contributed by atoms with Gasteiger partial charge in [0.2, 0.25) is 5.91 Å². The number of halogens is 1. The number of rotatable bonds is 7. The highest BCUT2D eigenvalue weighted by molar-refractivity contribution is 5.76. The molecule has 0 saturated heterocycles. The first-order valence-electron chi connectivity index (χ1n) is 7.19. The number of aliphatic hydroxyl groups excluding tert-OH is 1. The van der Waals surface area contributed by atoms with Crippen LogP contribution in [0.25, 0.3) is 11.3 Å². The first-order chi connectivity index (χ1) is 10.6. The van der Waals surface area contributed by atoms with Crippen LogP contribution in [0.1, 0.15) is 25.7 Å². The van der Waals surface area contributed by atoms with Crippen molar-refractivity contribution >= 4 is 5.91 Å². The quantitative estimate of drug-likeness (QED) is 0.823. The fourth-order valence-corrected chi connectivity index (χ4v) is 2.01. The van der Waals surface area contributed by atoms with Crippen molar-refractivity contribution in [1.29, 1.82) is 0 Å². The Kier molecular flexibility index (Phi) is 5.66. The van der Waals surface area contributed by atoms with Crippen LogP contribution < -0.4 is 5.32 Å². The fraction of sp³-hybridized carbons (Fsp3) is 0.375. The lowest BCUT2D eigenvalue weighted by molar-refractivity contribution is -0.121. The van der Waals surface area contributed by atoms with Gasteiger partial charge in [0.05, 0.1) is 6.20 Å². The van der Waals surface area contributed by atoms with E-state index in [0.717, 1.165) is 5.56 Å². The third-order valence-electron chi connectivity index (χ3n) is 3.22. The van der Waals surface area contributed by atoms with E-state index in [9.17, 15) is 9.18 Å². The zero-order valence-electron chi connectivity index (χ0n) is 12.4. The van der Waals surface area contributed by atoms with Gasteiger partial charge in [-0.3, -0.25) is 4.79 Å². The molecular formula is C16H19FN2O3. The van der Waals surface area contributed by atoms with E-state index in [1.54, 1.807) is 18.3 Å². The van der Waals surface area contributed by atoms with Gasteiger partial charge in [-0.15, -0.1) is 0 Å². The topological polar surface area (TPSA) is 75.4 Å². The van der Waals surface area contributed by atoms with Crippen molar-refractivity contribution in [2.24, 2.45) is 0 Å². The molecule has 1 aromatic heterocycles. The number of amides is 1. The average Bonchev–Trinajstić information content (AvgIpc) is 2.95. The standard InChI is InChI=1S/C16H19FN2O3/c1-11(8-9-20)19-15(21)6-7-16-18-10-14(22-16)12-2-4-13(17)5-3-12/h2-5,10-11,20H,6-9H2,1H3,(H,19,21)/t11-/m1/s1. The third kappa shape index (κ3) is 4.66. The summed E-state index contributed by atoms with van der Waals surface area (Å²) in [5, 5.41) is 11.6. The number of nitrogens with zero attached hydrogens (tertiary/aromatic N) is 1. The van der Waals surface area contributed by atoms with Gasteiger partial charge in [0, 0.05) is 31.1 Å². The van der Waals surface area contributed by atoms with Crippen LogP contribution in [0.2, 0.25) is 0 Å². The number of hydrogen-bond donors (Lipinski definition) is 2. The van der Waals surface area contributed by atoms with Crippen LogP contribution in [0, 0.1) is 5.82 Å². The third-order valence-corrected chi connectivity index (χ3v) is 3.22. The van der Waals surface area contributed by atoms with Crippen molar-refractivity contribution < 1.29 is 18.7 Å². The highest BCUT2D eigenvalue weighted by Gasteiger charge is 2.11. The zero-order chi connectivity index (χ0) is 15.9. The van der Waals surface area contributed by atoms with E-state index in [1.165, 1.54) is 12.1 Å². The molecule has 0 fully saturated rings. The molecule has 1 aromatic carbocycles. The van der Waals surface area contributed by atoms with E-state index < -0.39 is 0 Å². The Morgan fingerprint density at radius 2 is 2.14 bits per heavy atom. The smallest absolute Gasteiger partial charge is 0.220 e. The summed E-state index contributed by atoms with van der Waals surface area (Å²) in [6.45, 7) is 1.88. The summed E-state index contributed by atoms with van der Waals surface area (Å²) < 4.78 is 18.4. The second-order valence-corrected chi connectivity index (χ2v) is 5.11. The van der Waals surface area contributed by atoms with E-state index in [4.69, 9.17) is 9.52 Å². The van der Waals surface area contributed by atoms with Gasteiger partial charge in [0.15, 0.2) is 11.7 Å². The maximum Gasteiger partial charge on any atom is 0.220 e. The van der Waals surface area contributed by atoms with Gasteiger partial charge in [0.25, 0.3) is 0 Å². The number of aromatic nitrogens is 1. The number of hydrogen-bond acceptors (Lipinski definition) is 4. The van der Waals surface area contributed by atoms with Crippen LogP contribution in [-0.2, 0) is 11.2 Å². The Hall–Kier alpha value is -2.21. The van der Waals surface area contributed by atoms with Gasteiger partial charge < -0.3 is 14.8 Å². The summed E-state index contributed by atoms with van der Waals surface area (Å²) in [6, 6.07) is 5.88. The van der Waals surface area contributed by atoms with Gasteiger partial charge in [-0.05, 0) is 37.6 Å². The van der Waals surface area contributed by atoms with Crippen LogP contribution in [0.4, 0.5) is 4.39 Å². The maximum atomic E-state index is 12.9. The van der Waals surface area contributed by atoms with Gasteiger partial charge >= 0.3 is 0 Å². The largest absolute Gasteiger partial charge is 0.441 e. The van der Waals surface area contributed by atoms with Crippen LogP contribution in [0.5, 0.6) is 0 Å². The number of carbonyl (C=O) groups is 1. The highest BCUT2D eigenvalue weighted by Crippen LogP contribution is 2.21. The highest BCUT2D eigenvalue weighted by atomic mass is 19.1. The Labute approximate surface area is 128 Å². The maximum absolute atomic E-state index is 12.9. The molecular weight excluding hydrogens is 287 g/mol. The van der Waals surface area contributed by atoms with Crippen LogP contribution in [0.3, 0.4) is 0 Å². The fourth-order valence-electron chi connectivity index (χ4n) is 2.01. The van der Waals surface area contributed by atoms with E-state index in [-0.39, 0.29) is 30.8 Å². The zero-order valence-corrected chi connectivity index (χ0v) is 12.4. The molecule has 1 heterocycles. The summed E-state index contributed by atoms with van der Waals surface area (Å²) in [5.41, 5.74) is 0.737. The molecule has 0 unspecified atom stereocenters. The lowest BCUT2D eigenvalue weighted by Gasteiger charge is -2.11. The van der Waals surface area contributed by atoms with Crippen LogP contribution in [-0.4, -0.2) is 28.6 Å².